The first-order valence-electron chi connectivity index (χ1n) is 14.6. The molecule has 0 aromatic heterocycles. The number of alkyl halides is 3. The number of rotatable bonds is 21. The molecule has 6 atom stereocenters. The molecule has 1 aromatic carbocycles. The number of hydrogen-bond donors (Lipinski definition) is 3. The summed E-state index contributed by atoms with van der Waals surface area (Å²) in [7, 11) is 0. The van der Waals surface area contributed by atoms with Crippen LogP contribution in [0.3, 0.4) is 0 Å². The van der Waals surface area contributed by atoms with Gasteiger partial charge < -0.3 is 34.5 Å². The van der Waals surface area contributed by atoms with Crippen LogP contribution in [0.2, 0.25) is 0 Å². The largest absolute Gasteiger partial charge is 0.489 e. The van der Waals surface area contributed by atoms with Crippen molar-refractivity contribution < 1.29 is 67.4 Å². The Morgan fingerprint density at radius 3 is 2.45 bits per heavy atom. The number of allylic oxidation sites excluding steroid dienone is 2. The zero-order chi connectivity index (χ0) is 35.0. The number of unbranched alkanes of at least 4 members (excludes halogenated alkanes) is 1. The smallest absolute Gasteiger partial charge is 0.416 e. The first kappa shape index (κ1) is 38.7. The molecule has 2 rings (SSSR count). The van der Waals surface area contributed by atoms with E-state index in [-0.39, 0.29) is 37.9 Å². The highest BCUT2D eigenvalue weighted by Crippen LogP contribution is 2.36. The van der Waals surface area contributed by atoms with Gasteiger partial charge in [-0.25, -0.2) is 0 Å². The highest BCUT2D eigenvalue weighted by molar-refractivity contribution is 5.69. The van der Waals surface area contributed by atoms with Crippen LogP contribution in [-0.4, -0.2) is 75.1 Å². The van der Waals surface area contributed by atoms with Crippen molar-refractivity contribution in [1.29, 1.82) is 0 Å². The van der Waals surface area contributed by atoms with Crippen LogP contribution in [0.1, 0.15) is 56.9 Å². The molecule has 15 nitrogen and oxygen atoms in total. The van der Waals surface area contributed by atoms with E-state index in [1.165, 1.54) is 18.2 Å². The van der Waals surface area contributed by atoms with Gasteiger partial charge in [-0.3, -0.25) is 9.59 Å². The Hall–Kier alpha value is -4.45. The first-order chi connectivity index (χ1) is 22.1. The van der Waals surface area contributed by atoms with Crippen molar-refractivity contribution in [3.63, 3.8) is 0 Å². The van der Waals surface area contributed by atoms with Crippen molar-refractivity contribution in [1.82, 2.24) is 0 Å². The predicted octanol–water partition coefficient (Wildman–Crippen LogP) is 4.07. The number of aliphatic hydroxyl groups is 2. The van der Waals surface area contributed by atoms with E-state index in [9.17, 15) is 53.2 Å². The number of carboxylic acid groups (broad SMARTS) is 1. The monoisotopic (exact) mass is 678 g/mol. The van der Waals surface area contributed by atoms with Gasteiger partial charge in [-0.15, -0.1) is 20.2 Å². The maximum atomic E-state index is 13.2. The Morgan fingerprint density at radius 1 is 1.04 bits per heavy atom. The van der Waals surface area contributed by atoms with Gasteiger partial charge in [0.2, 0.25) is 0 Å². The fourth-order valence-electron chi connectivity index (χ4n) is 4.90. The summed E-state index contributed by atoms with van der Waals surface area (Å²) in [5, 5.41) is 48.6. The number of carbonyl (C=O) groups is 2. The van der Waals surface area contributed by atoms with Crippen LogP contribution >= 0.6 is 0 Å². The molecule has 262 valence electrons. The molecule has 0 bridgehead atoms. The molecule has 47 heavy (non-hydrogen) atoms. The number of carboxylic acids is 1. The van der Waals surface area contributed by atoms with Crippen molar-refractivity contribution in [3.8, 4) is 5.75 Å². The second kappa shape index (κ2) is 19.3. The van der Waals surface area contributed by atoms with E-state index >= 15 is 0 Å². The molecule has 1 aliphatic carbocycles. The van der Waals surface area contributed by atoms with Gasteiger partial charge in [0.05, 0.1) is 17.8 Å². The van der Waals surface area contributed by atoms with Gasteiger partial charge in [0.15, 0.2) is 6.10 Å². The molecule has 1 aliphatic rings. The number of carbonyl (C=O) groups excluding carboxylic acids is 1. The van der Waals surface area contributed by atoms with E-state index in [0.717, 1.165) is 18.2 Å². The van der Waals surface area contributed by atoms with Gasteiger partial charge in [-0.2, -0.15) is 13.2 Å². The van der Waals surface area contributed by atoms with Crippen molar-refractivity contribution in [2.24, 2.45) is 11.8 Å². The Bertz CT molecular complexity index is 1240. The SMILES string of the molecule is O=C(O)CCC/C=C\C[C@@H]1[C@@H](/C=C/[C@H](COc2cccc(C(F)(F)F)c2)OC(=O)CCCC(CO[N+](=O)[O-])O[N+](=O)[O-])[C@H](O)C[C@@H]1O. The molecule has 18 heteroatoms. The average Bonchev–Trinajstić information content (AvgIpc) is 3.25. The number of benzene rings is 1. The topological polar surface area (TPSA) is 218 Å². The van der Waals surface area contributed by atoms with Gasteiger partial charge in [0.1, 0.15) is 25.1 Å². The normalized spacial score (nSPS) is 21.0. The summed E-state index contributed by atoms with van der Waals surface area (Å²) in [5.74, 6) is -2.97. The number of ether oxygens (including phenoxy) is 2. The molecular formula is C29H37F3N2O13. The van der Waals surface area contributed by atoms with Crippen molar-refractivity contribution in [2.45, 2.75) is 82.0 Å². The summed E-state index contributed by atoms with van der Waals surface area (Å²) < 4.78 is 50.4. The van der Waals surface area contributed by atoms with E-state index in [0.29, 0.717) is 19.3 Å². The quantitative estimate of drug-likeness (QED) is 0.0550. The molecule has 1 fully saturated rings. The van der Waals surface area contributed by atoms with Crippen molar-refractivity contribution in [2.75, 3.05) is 13.2 Å². The second-order valence-corrected chi connectivity index (χ2v) is 10.7. The molecule has 0 amide bonds. The third-order valence-electron chi connectivity index (χ3n) is 7.17. The van der Waals surface area contributed by atoms with Crippen LogP contribution in [0.15, 0.2) is 48.6 Å². The first-order valence-corrected chi connectivity index (χ1v) is 14.6. The summed E-state index contributed by atoms with van der Waals surface area (Å²) in [6, 6.07) is 4.03. The predicted molar refractivity (Wildman–Crippen MR) is 153 cm³/mol. The Morgan fingerprint density at radius 2 is 1.79 bits per heavy atom. The number of aliphatic carboxylic acids is 1. The third kappa shape index (κ3) is 15.1. The van der Waals surface area contributed by atoms with Gasteiger partial charge in [-0.05, 0) is 62.3 Å². The van der Waals surface area contributed by atoms with Gasteiger partial charge in [0.25, 0.3) is 10.2 Å². The summed E-state index contributed by atoms with van der Waals surface area (Å²) in [6.07, 6.45) is -1.80. The van der Waals surface area contributed by atoms with E-state index in [1.807, 2.05) is 0 Å². The average molecular weight is 679 g/mol. The minimum absolute atomic E-state index is 0.00635. The molecule has 0 heterocycles. The van der Waals surface area contributed by atoms with Crippen LogP contribution in [0, 0.1) is 32.1 Å². The fraction of sp³-hybridized carbons (Fsp3) is 0.586. The summed E-state index contributed by atoms with van der Waals surface area (Å²) in [4.78, 5) is 52.8. The molecule has 0 aliphatic heterocycles. The van der Waals surface area contributed by atoms with Crippen LogP contribution < -0.4 is 4.74 Å². The zero-order valence-corrected chi connectivity index (χ0v) is 25.1. The Kier molecular flexibility index (Phi) is 15.9. The molecule has 3 N–H and O–H groups in total. The Labute approximate surface area is 266 Å². The van der Waals surface area contributed by atoms with Crippen molar-refractivity contribution in [3.05, 3.63) is 74.4 Å². The van der Waals surface area contributed by atoms with Gasteiger partial charge in [-0.1, -0.05) is 24.3 Å². The van der Waals surface area contributed by atoms with Crippen molar-refractivity contribution >= 4 is 11.9 Å². The summed E-state index contributed by atoms with van der Waals surface area (Å²) >= 11 is 0. The third-order valence-corrected chi connectivity index (χ3v) is 7.17. The van der Waals surface area contributed by atoms with E-state index < -0.39 is 83.3 Å². The highest BCUT2D eigenvalue weighted by Gasteiger charge is 2.39. The molecule has 1 unspecified atom stereocenters. The molecule has 1 aromatic rings. The number of nitrogens with zero attached hydrogens (tertiary/aromatic N) is 2. The second-order valence-electron chi connectivity index (χ2n) is 10.7. The minimum Gasteiger partial charge on any atom is -0.489 e. The molecule has 0 spiro atoms. The van der Waals surface area contributed by atoms with Gasteiger partial charge >= 0.3 is 18.1 Å². The lowest BCUT2D eigenvalue weighted by Gasteiger charge is -2.21. The lowest BCUT2D eigenvalue weighted by Crippen LogP contribution is -2.26. The lowest BCUT2D eigenvalue weighted by atomic mass is 9.89. The van der Waals surface area contributed by atoms with Crippen LogP contribution in [-0.2, 0) is 30.2 Å². The van der Waals surface area contributed by atoms with E-state index in [4.69, 9.17) is 14.6 Å². The van der Waals surface area contributed by atoms with E-state index in [1.54, 1.807) is 12.2 Å². The maximum absolute atomic E-state index is 13.2. The number of hydrogen-bond acceptors (Lipinski definition) is 12. The van der Waals surface area contributed by atoms with Gasteiger partial charge in [0, 0.05) is 25.2 Å². The standard InChI is InChI=1S/C29H37F3N2O13/c30-29(31,32)19-7-5-8-20(15-19)44-17-21(46-28(39)12-6-9-22(47-34(42)43)18-45-33(40)41)13-14-24-23(25(35)16-26(24)36)10-3-1-2-4-11-27(37)38/h1,3,5,7-8,13-15,21-26,35-36H,2,4,6,9-12,16-18H2,(H,37,38)/b3-1-,14-13+/t21-,22?,23-,24-,25+,26-/m1/s1. The molecule has 0 radical (unpaired) electrons. The van der Waals surface area contributed by atoms with Crippen LogP contribution in [0.5, 0.6) is 5.75 Å². The molecular weight excluding hydrogens is 641 g/mol. The summed E-state index contributed by atoms with van der Waals surface area (Å²) in [6.45, 7) is -1.19. The number of halogens is 3. The molecule has 0 saturated heterocycles. The zero-order valence-electron chi connectivity index (χ0n) is 25.1. The molecule has 1 saturated carbocycles. The summed E-state index contributed by atoms with van der Waals surface area (Å²) in [5.41, 5.74) is -0.964. The lowest BCUT2D eigenvalue weighted by molar-refractivity contribution is -0.790. The van der Waals surface area contributed by atoms with Crippen LogP contribution in [0.4, 0.5) is 13.2 Å². The van der Waals surface area contributed by atoms with E-state index in [2.05, 4.69) is 9.68 Å². The maximum Gasteiger partial charge on any atom is 0.416 e. The van der Waals surface area contributed by atoms with Crippen LogP contribution in [0.25, 0.3) is 0 Å². The highest BCUT2D eigenvalue weighted by atomic mass is 19.4. The number of esters is 1. The fourth-order valence-corrected chi connectivity index (χ4v) is 4.90. The Balaban J connectivity index is 2.12. The minimum atomic E-state index is -4.63. The number of aliphatic hydroxyl groups excluding tert-OH is 2.